The third-order valence-electron chi connectivity index (χ3n) is 6.37. The molecule has 9 nitrogen and oxygen atoms in total. The van der Waals surface area contributed by atoms with Crippen LogP contribution in [0.2, 0.25) is 0 Å². The molecular formula is C22H28N4O5S. The maximum atomic E-state index is 13.1. The van der Waals surface area contributed by atoms with E-state index in [-0.39, 0.29) is 48.0 Å². The molecule has 0 unspecified atom stereocenters. The van der Waals surface area contributed by atoms with Gasteiger partial charge in [-0.05, 0) is 26.3 Å². The van der Waals surface area contributed by atoms with Gasteiger partial charge in [0.05, 0.1) is 12.0 Å². The maximum Gasteiger partial charge on any atom is 0.248 e. The fourth-order valence-electron chi connectivity index (χ4n) is 4.56. The second-order valence-corrected chi connectivity index (χ2v) is 10.3. The van der Waals surface area contributed by atoms with Crippen molar-refractivity contribution in [3.63, 3.8) is 0 Å². The molecule has 172 valence electrons. The van der Waals surface area contributed by atoms with Crippen LogP contribution in [0.25, 0.3) is 0 Å². The predicted molar refractivity (Wildman–Crippen MR) is 116 cm³/mol. The van der Waals surface area contributed by atoms with Crippen molar-refractivity contribution in [2.75, 3.05) is 32.7 Å². The van der Waals surface area contributed by atoms with Crippen LogP contribution in [0.3, 0.4) is 0 Å². The summed E-state index contributed by atoms with van der Waals surface area (Å²) >= 11 is 0. The number of aromatic nitrogens is 1. The van der Waals surface area contributed by atoms with Crippen LogP contribution in [-0.2, 0) is 19.6 Å². The number of carbonyl (C=O) groups is 2. The Labute approximate surface area is 188 Å². The summed E-state index contributed by atoms with van der Waals surface area (Å²) in [6, 6.07) is 9.66. The van der Waals surface area contributed by atoms with Crippen molar-refractivity contribution in [2.45, 2.75) is 38.1 Å². The number of hydrogen-bond donors (Lipinski definition) is 0. The van der Waals surface area contributed by atoms with Gasteiger partial charge in [-0.3, -0.25) is 9.59 Å². The molecule has 2 aliphatic heterocycles. The van der Waals surface area contributed by atoms with Gasteiger partial charge in [0.1, 0.15) is 10.6 Å². The first-order valence-electron chi connectivity index (χ1n) is 10.8. The average molecular weight is 461 g/mol. The zero-order chi connectivity index (χ0) is 23.0. The molecule has 32 heavy (non-hydrogen) atoms. The van der Waals surface area contributed by atoms with E-state index in [9.17, 15) is 18.0 Å². The van der Waals surface area contributed by atoms with Crippen molar-refractivity contribution >= 4 is 21.8 Å². The summed E-state index contributed by atoms with van der Waals surface area (Å²) in [6.07, 6.45) is 0.188. The number of hydrogen-bond acceptors (Lipinski definition) is 6. The zero-order valence-electron chi connectivity index (χ0n) is 18.5. The van der Waals surface area contributed by atoms with Gasteiger partial charge in [-0.25, -0.2) is 8.42 Å². The topological polar surface area (TPSA) is 104 Å². The van der Waals surface area contributed by atoms with E-state index in [0.29, 0.717) is 25.3 Å². The molecule has 0 bridgehead atoms. The smallest absolute Gasteiger partial charge is 0.248 e. The fraction of sp³-hybridized carbons (Fsp3) is 0.500. The van der Waals surface area contributed by atoms with E-state index >= 15 is 0 Å². The van der Waals surface area contributed by atoms with Crippen molar-refractivity contribution in [1.82, 2.24) is 19.3 Å². The Hall–Kier alpha value is -2.72. The lowest BCUT2D eigenvalue weighted by atomic mass is 10.1. The number of rotatable bonds is 5. The molecule has 0 N–H and O–H groups in total. The first-order chi connectivity index (χ1) is 15.2. The number of aryl methyl sites for hydroxylation is 2. The molecule has 2 aliphatic rings. The predicted octanol–water partition coefficient (Wildman–Crippen LogP) is 1.73. The number of likely N-dealkylation sites (tertiary alicyclic amines) is 1. The quantitative estimate of drug-likeness (QED) is 0.673. The molecule has 2 aromatic rings. The van der Waals surface area contributed by atoms with E-state index in [0.717, 1.165) is 5.56 Å². The molecule has 3 heterocycles. The van der Waals surface area contributed by atoms with Crippen LogP contribution in [-0.4, -0.2) is 72.2 Å². The van der Waals surface area contributed by atoms with Crippen LogP contribution in [0.4, 0.5) is 0 Å². The number of amides is 2. The summed E-state index contributed by atoms with van der Waals surface area (Å²) in [5, 5.41) is 3.74. The summed E-state index contributed by atoms with van der Waals surface area (Å²) in [4.78, 5) is 29.3. The van der Waals surface area contributed by atoms with Crippen LogP contribution < -0.4 is 0 Å². The highest BCUT2D eigenvalue weighted by molar-refractivity contribution is 7.89. The van der Waals surface area contributed by atoms with Crippen LogP contribution in [0.15, 0.2) is 39.8 Å². The molecule has 2 fully saturated rings. The molecule has 0 radical (unpaired) electrons. The highest BCUT2D eigenvalue weighted by atomic mass is 32.2. The van der Waals surface area contributed by atoms with Gasteiger partial charge in [0.25, 0.3) is 0 Å². The SMILES string of the molecule is Cc1noc(C)c1S(=O)(=O)N1CCN(C(=O)[C@@H]2CC(=O)N([C@@H](C)c3ccccc3)C2)CC1. The standard InChI is InChI=1S/C22H28N4O5S/c1-15-21(17(3)31-23-15)32(29,30)25-11-9-24(10-12-25)22(28)19-13-20(27)26(14-19)16(2)18-7-5-4-6-8-18/h4-8,16,19H,9-14H2,1-3H3/t16-,19+/m0/s1. The van der Waals surface area contributed by atoms with E-state index in [2.05, 4.69) is 5.16 Å². The van der Waals surface area contributed by atoms with E-state index in [1.165, 1.54) is 4.31 Å². The van der Waals surface area contributed by atoms with Crippen LogP contribution in [0, 0.1) is 19.8 Å². The highest BCUT2D eigenvalue weighted by Crippen LogP contribution is 2.30. The van der Waals surface area contributed by atoms with Crippen LogP contribution >= 0.6 is 0 Å². The van der Waals surface area contributed by atoms with Gasteiger partial charge in [0, 0.05) is 39.1 Å². The normalized spacial score (nSPS) is 21.2. The molecule has 1 aromatic carbocycles. The minimum absolute atomic E-state index is 0.0284. The maximum absolute atomic E-state index is 13.1. The number of nitrogens with zero attached hydrogens (tertiary/aromatic N) is 4. The molecule has 0 aliphatic carbocycles. The largest absolute Gasteiger partial charge is 0.360 e. The Morgan fingerprint density at radius 3 is 2.38 bits per heavy atom. The Bertz CT molecular complexity index is 1090. The second kappa shape index (κ2) is 8.67. The van der Waals surface area contributed by atoms with E-state index in [1.54, 1.807) is 23.6 Å². The van der Waals surface area contributed by atoms with Crippen molar-refractivity contribution in [3.8, 4) is 0 Å². The zero-order valence-corrected chi connectivity index (χ0v) is 19.3. The van der Waals surface area contributed by atoms with Crippen molar-refractivity contribution < 1.29 is 22.5 Å². The summed E-state index contributed by atoms with van der Waals surface area (Å²) in [5.41, 5.74) is 1.37. The molecule has 0 spiro atoms. The number of sulfonamides is 1. The molecule has 2 saturated heterocycles. The van der Waals surface area contributed by atoms with Gasteiger partial charge in [0.2, 0.25) is 21.8 Å². The molecule has 2 amide bonds. The lowest BCUT2D eigenvalue weighted by molar-refractivity contribution is -0.137. The monoisotopic (exact) mass is 460 g/mol. The lowest BCUT2D eigenvalue weighted by Crippen LogP contribution is -2.52. The van der Waals surface area contributed by atoms with Crippen molar-refractivity contribution in [3.05, 3.63) is 47.3 Å². The Morgan fingerprint density at radius 2 is 1.78 bits per heavy atom. The van der Waals surface area contributed by atoms with Gasteiger partial charge in [-0.15, -0.1) is 0 Å². The van der Waals surface area contributed by atoms with Gasteiger partial charge in [0.15, 0.2) is 5.76 Å². The Balaban J connectivity index is 1.38. The minimum atomic E-state index is -3.73. The first kappa shape index (κ1) is 22.5. The van der Waals surface area contributed by atoms with Gasteiger partial charge >= 0.3 is 0 Å². The molecular weight excluding hydrogens is 432 g/mol. The summed E-state index contributed by atoms with van der Waals surface area (Å²) < 4.78 is 32.4. The number of piperazine rings is 1. The van der Waals surface area contributed by atoms with Gasteiger partial charge in [-0.2, -0.15) is 4.31 Å². The molecule has 2 atom stereocenters. The number of carbonyl (C=O) groups excluding carboxylic acids is 2. The number of benzene rings is 1. The van der Waals surface area contributed by atoms with E-state index in [4.69, 9.17) is 4.52 Å². The van der Waals surface area contributed by atoms with Crippen LogP contribution in [0.5, 0.6) is 0 Å². The van der Waals surface area contributed by atoms with Gasteiger partial charge in [-0.1, -0.05) is 35.5 Å². The summed E-state index contributed by atoms with van der Waals surface area (Å²) in [5.74, 6) is -0.257. The summed E-state index contributed by atoms with van der Waals surface area (Å²) in [7, 11) is -3.73. The lowest BCUT2D eigenvalue weighted by Gasteiger charge is -2.35. The third kappa shape index (κ3) is 4.04. The van der Waals surface area contributed by atoms with Crippen molar-refractivity contribution in [1.29, 1.82) is 0 Å². The highest BCUT2D eigenvalue weighted by Gasteiger charge is 2.40. The summed E-state index contributed by atoms with van der Waals surface area (Å²) in [6.45, 7) is 6.50. The van der Waals surface area contributed by atoms with E-state index < -0.39 is 15.9 Å². The second-order valence-electron chi connectivity index (χ2n) is 8.42. The fourth-order valence-corrected chi connectivity index (χ4v) is 6.28. The van der Waals surface area contributed by atoms with E-state index in [1.807, 2.05) is 37.3 Å². The minimum Gasteiger partial charge on any atom is -0.360 e. The Morgan fingerprint density at radius 1 is 1.12 bits per heavy atom. The van der Waals surface area contributed by atoms with Crippen molar-refractivity contribution in [2.24, 2.45) is 5.92 Å². The molecule has 10 heteroatoms. The molecule has 1 aromatic heterocycles. The van der Waals surface area contributed by atoms with Gasteiger partial charge < -0.3 is 14.3 Å². The molecule has 0 saturated carbocycles. The third-order valence-corrected chi connectivity index (χ3v) is 8.52. The Kier molecular flexibility index (Phi) is 6.09. The first-order valence-corrected chi connectivity index (χ1v) is 12.2. The molecule has 4 rings (SSSR count). The average Bonchev–Trinajstić information content (AvgIpc) is 3.35. The van der Waals surface area contributed by atoms with Crippen LogP contribution in [0.1, 0.15) is 36.4 Å².